The number of fused-ring (bicyclic) bond motifs is 2. The molecule has 3 saturated heterocycles. The second kappa shape index (κ2) is 7.91. The predicted octanol–water partition coefficient (Wildman–Crippen LogP) is 2.09. The molecule has 1 N–H and O–H groups in total. The number of piperidine rings is 2. The molecule has 166 valence electrons. The molecule has 30 heavy (non-hydrogen) atoms. The fraction of sp³-hybridized carbons (Fsp3) is 0.810. The van der Waals surface area contributed by atoms with Crippen LogP contribution in [0.15, 0.2) is 10.6 Å². The molecule has 1 aliphatic carbocycles. The number of hydrogen-bond acceptors (Lipinski definition) is 6. The van der Waals surface area contributed by atoms with Gasteiger partial charge in [-0.3, -0.25) is 4.79 Å². The smallest absolute Gasteiger partial charge is 0.273 e. The molecule has 9 heteroatoms. The van der Waals surface area contributed by atoms with Gasteiger partial charge in [-0.15, -0.1) is 0 Å². The Labute approximate surface area is 178 Å². The molecule has 0 radical (unpaired) electrons. The molecule has 0 spiro atoms. The molecule has 5 rings (SSSR count). The topological polar surface area (TPSA) is 95.8 Å². The first kappa shape index (κ1) is 20.5. The zero-order chi connectivity index (χ0) is 20.9. The Morgan fingerprint density at radius 3 is 2.57 bits per heavy atom. The van der Waals surface area contributed by atoms with E-state index in [1.165, 1.54) is 0 Å². The zero-order valence-corrected chi connectivity index (χ0v) is 18.4. The van der Waals surface area contributed by atoms with Crippen molar-refractivity contribution in [3.8, 4) is 0 Å². The number of sulfonamides is 1. The summed E-state index contributed by atoms with van der Waals surface area (Å²) in [6, 6.07) is 1.84. The third kappa shape index (κ3) is 4.03. The molecule has 1 aromatic rings. The second-order valence-electron chi connectivity index (χ2n) is 9.65. The molecule has 1 aromatic heterocycles. The second-order valence-corrected chi connectivity index (χ2v) is 11.6. The Bertz CT molecular complexity index is 883. The van der Waals surface area contributed by atoms with Crippen molar-refractivity contribution in [2.75, 3.05) is 19.3 Å². The molecule has 4 atom stereocenters. The third-order valence-corrected chi connectivity index (χ3v) is 9.43. The Balaban J connectivity index is 1.21. The van der Waals surface area contributed by atoms with Crippen LogP contribution in [0, 0.1) is 0 Å². The van der Waals surface area contributed by atoms with Gasteiger partial charge in [0.25, 0.3) is 5.91 Å². The molecule has 0 unspecified atom stereocenters. The standard InChI is InChI=1S/C21H32N4O4S/c1-24-9-3-2-4-18(24)13-30(27,28)25-16-7-8-17(25)11-15(10-16)22-21(26)19-12-20(29-23-19)14-5-6-14/h12,14-18H,2-11,13H2,1H3,(H,22,26)/t15-,16+,17-,18-/m1/s1. The first-order valence-corrected chi connectivity index (χ1v) is 13.0. The summed E-state index contributed by atoms with van der Waals surface area (Å²) >= 11 is 0. The van der Waals surface area contributed by atoms with Crippen molar-refractivity contribution in [1.82, 2.24) is 19.7 Å². The van der Waals surface area contributed by atoms with Crippen molar-refractivity contribution in [3.05, 3.63) is 17.5 Å². The number of hydrogen-bond donors (Lipinski definition) is 1. The minimum absolute atomic E-state index is 0.00715. The summed E-state index contributed by atoms with van der Waals surface area (Å²) in [6.45, 7) is 0.978. The Hall–Kier alpha value is -1.45. The lowest BCUT2D eigenvalue weighted by atomic mass is 9.99. The van der Waals surface area contributed by atoms with Crippen LogP contribution < -0.4 is 5.32 Å². The van der Waals surface area contributed by atoms with Crippen molar-refractivity contribution in [2.24, 2.45) is 0 Å². The maximum absolute atomic E-state index is 13.3. The van der Waals surface area contributed by atoms with E-state index in [-0.39, 0.29) is 35.8 Å². The van der Waals surface area contributed by atoms with Gasteiger partial charge in [0, 0.05) is 36.2 Å². The van der Waals surface area contributed by atoms with Crippen molar-refractivity contribution in [2.45, 2.75) is 87.9 Å². The van der Waals surface area contributed by atoms with Crippen LogP contribution in [0.5, 0.6) is 0 Å². The zero-order valence-electron chi connectivity index (χ0n) is 17.6. The number of amides is 1. The van der Waals surface area contributed by atoms with Gasteiger partial charge < -0.3 is 14.7 Å². The van der Waals surface area contributed by atoms with E-state index >= 15 is 0 Å². The monoisotopic (exact) mass is 436 g/mol. The van der Waals surface area contributed by atoms with Crippen LogP contribution in [-0.4, -0.2) is 72.2 Å². The van der Waals surface area contributed by atoms with Crippen molar-refractivity contribution in [1.29, 1.82) is 0 Å². The highest BCUT2D eigenvalue weighted by Gasteiger charge is 2.47. The number of carbonyl (C=O) groups excluding carboxylic acids is 1. The van der Waals surface area contributed by atoms with Gasteiger partial charge in [-0.1, -0.05) is 11.6 Å². The minimum atomic E-state index is -3.30. The average Bonchev–Trinajstić information content (AvgIpc) is 3.35. The first-order valence-electron chi connectivity index (χ1n) is 11.4. The lowest BCUT2D eigenvalue weighted by molar-refractivity contribution is 0.0899. The van der Waals surface area contributed by atoms with Crippen LogP contribution in [0.4, 0.5) is 0 Å². The van der Waals surface area contributed by atoms with Crippen molar-refractivity contribution < 1.29 is 17.7 Å². The summed E-state index contributed by atoms with van der Waals surface area (Å²) in [6.07, 6.45) is 8.53. The predicted molar refractivity (Wildman–Crippen MR) is 112 cm³/mol. The van der Waals surface area contributed by atoms with Gasteiger partial charge >= 0.3 is 0 Å². The molecular formula is C21H32N4O4S. The van der Waals surface area contributed by atoms with Crippen LogP contribution in [-0.2, 0) is 10.0 Å². The van der Waals surface area contributed by atoms with E-state index in [0.29, 0.717) is 24.5 Å². The molecule has 1 saturated carbocycles. The number of likely N-dealkylation sites (tertiary alicyclic amines) is 1. The molecule has 4 heterocycles. The van der Waals surface area contributed by atoms with E-state index in [2.05, 4.69) is 15.4 Å². The lowest BCUT2D eigenvalue weighted by Gasteiger charge is -2.40. The summed E-state index contributed by atoms with van der Waals surface area (Å²) < 4.78 is 33.6. The molecule has 4 aliphatic rings. The highest BCUT2D eigenvalue weighted by molar-refractivity contribution is 7.89. The molecule has 4 fully saturated rings. The van der Waals surface area contributed by atoms with E-state index < -0.39 is 10.0 Å². The number of nitrogens with one attached hydrogen (secondary N) is 1. The maximum Gasteiger partial charge on any atom is 0.273 e. The SMILES string of the molecule is CN1CCCC[C@@H]1CS(=O)(=O)N1[C@@H]2CC[C@H]1C[C@@H](NC(=O)c1cc(C3CC3)on1)C2. The van der Waals surface area contributed by atoms with Gasteiger partial charge in [-0.05, 0) is 65.0 Å². The fourth-order valence-corrected chi connectivity index (χ4v) is 7.98. The Kier molecular flexibility index (Phi) is 5.39. The van der Waals surface area contributed by atoms with E-state index in [0.717, 1.165) is 57.3 Å². The fourth-order valence-electron chi connectivity index (χ4n) is 5.61. The average molecular weight is 437 g/mol. The van der Waals surface area contributed by atoms with Crippen LogP contribution >= 0.6 is 0 Å². The normalized spacial score (nSPS) is 33.0. The van der Waals surface area contributed by atoms with Gasteiger partial charge in [0.05, 0.1) is 5.75 Å². The van der Waals surface area contributed by atoms with Crippen LogP contribution in [0.2, 0.25) is 0 Å². The first-order chi connectivity index (χ1) is 14.4. The maximum atomic E-state index is 13.3. The number of nitrogens with zero attached hydrogens (tertiary/aromatic N) is 3. The van der Waals surface area contributed by atoms with E-state index in [1.54, 1.807) is 10.4 Å². The Morgan fingerprint density at radius 1 is 1.17 bits per heavy atom. The third-order valence-electron chi connectivity index (χ3n) is 7.39. The summed E-state index contributed by atoms with van der Waals surface area (Å²) in [5.41, 5.74) is 0.333. The highest BCUT2D eigenvalue weighted by atomic mass is 32.2. The number of carbonyl (C=O) groups is 1. The van der Waals surface area contributed by atoms with E-state index in [1.807, 2.05) is 7.05 Å². The van der Waals surface area contributed by atoms with Gasteiger partial charge in [0.15, 0.2) is 5.69 Å². The van der Waals surface area contributed by atoms with Gasteiger partial charge in [-0.2, -0.15) is 4.31 Å². The van der Waals surface area contributed by atoms with E-state index in [9.17, 15) is 13.2 Å². The minimum Gasteiger partial charge on any atom is -0.360 e. The van der Waals surface area contributed by atoms with Crippen LogP contribution in [0.25, 0.3) is 0 Å². The van der Waals surface area contributed by atoms with Gasteiger partial charge in [0.1, 0.15) is 5.76 Å². The summed E-state index contributed by atoms with van der Waals surface area (Å²) in [4.78, 5) is 14.8. The van der Waals surface area contributed by atoms with Gasteiger partial charge in [-0.25, -0.2) is 8.42 Å². The molecule has 0 aromatic carbocycles. The Morgan fingerprint density at radius 2 is 1.90 bits per heavy atom. The van der Waals surface area contributed by atoms with Crippen molar-refractivity contribution in [3.63, 3.8) is 0 Å². The number of aromatic nitrogens is 1. The quantitative estimate of drug-likeness (QED) is 0.734. The molecule has 1 amide bonds. The van der Waals surface area contributed by atoms with E-state index in [4.69, 9.17) is 4.52 Å². The molecule has 8 nitrogen and oxygen atoms in total. The molecule has 3 aliphatic heterocycles. The summed E-state index contributed by atoms with van der Waals surface area (Å²) in [7, 11) is -1.27. The van der Waals surface area contributed by atoms with Crippen LogP contribution in [0.1, 0.15) is 80.0 Å². The van der Waals surface area contributed by atoms with Crippen molar-refractivity contribution >= 4 is 15.9 Å². The highest BCUT2D eigenvalue weighted by Crippen LogP contribution is 2.41. The van der Waals surface area contributed by atoms with Gasteiger partial charge in [0.2, 0.25) is 10.0 Å². The summed E-state index contributed by atoms with van der Waals surface area (Å²) in [5.74, 6) is 1.23. The molecule has 2 bridgehead atoms. The number of rotatable bonds is 6. The summed E-state index contributed by atoms with van der Waals surface area (Å²) in [5, 5.41) is 7.00. The lowest BCUT2D eigenvalue weighted by Crippen LogP contribution is -2.54. The van der Waals surface area contributed by atoms with Crippen LogP contribution in [0.3, 0.4) is 0 Å². The molecular weight excluding hydrogens is 404 g/mol. The largest absolute Gasteiger partial charge is 0.360 e.